The predicted molar refractivity (Wildman–Crippen MR) is 74.9 cm³/mol. The quantitative estimate of drug-likeness (QED) is 0.925. The Morgan fingerprint density at radius 3 is 2.79 bits per heavy atom. The molecule has 1 aromatic heterocycles. The molecule has 2 heterocycles. The van der Waals surface area contributed by atoms with Crippen molar-refractivity contribution in [1.82, 2.24) is 4.98 Å². The number of hydrogen-bond donors (Lipinski definition) is 1. The third-order valence-corrected chi connectivity index (χ3v) is 5.91. The lowest BCUT2D eigenvalue weighted by molar-refractivity contribution is 0.559. The topological polar surface area (TPSA) is 59.1 Å². The first-order valence-electron chi connectivity index (χ1n) is 6.05. The van der Waals surface area contributed by atoms with Gasteiger partial charge in [0.25, 0.3) is 0 Å². The predicted octanol–water partition coefficient (Wildman–Crippen LogP) is 2.42. The van der Waals surface area contributed by atoms with Gasteiger partial charge in [-0.2, -0.15) is 0 Å². The average molecular weight is 300 g/mol. The fourth-order valence-electron chi connectivity index (χ4n) is 2.17. The van der Waals surface area contributed by atoms with Crippen LogP contribution in [0.3, 0.4) is 0 Å². The maximum Gasteiger partial charge on any atom is 0.184 e. The van der Waals surface area contributed by atoms with Gasteiger partial charge in [-0.25, -0.2) is 17.8 Å². The van der Waals surface area contributed by atoms with Crippen LogP contribution in [0.1, 0.15) is 12.8 Å². The molecular weight excluding hydrogens is 287 g/mol. The van der Waals surface area contributed by atoms with Crippen molar-refractivity contribution in [3.8, 4) is 0 Å². The standard InChI is InChI=1S/C12H13FN2O2S2/c13-8-1-2-11-10(7-8)15-12(18-11)14-9-3-5-19(16,17)6-4-9/h1-2,7,9H,3-6H2,(H,14,15). The molecule has 102 valence electrons. The Kier molecular flexibility index (Phi) is 3.18. The minimum absolute atomic E-state index is 0.133. The molecule has 0 bridgehead atoms. The van der Waals surface area contributed by atoms with Gasteiger partial charge in [-0.1, -0.05) is 11.3 Å². The van der Waals surface area contributed by atoms with E-state index in [1.807, 2.05) is 0 Å². The van der Waals surface area contributed by atoms with Crippen LogP contribution >= 0.6 is 11.3 Å². The monoisotopic (exact) mass is 300 g/mol. The summed E-state index contributed by atoms with van der Waals surface area (Å²) in [5.74, 6) is 0.155. The molecule has 4 nitrogen and oxygen atoms in total. The summed E-state index contributed by atoms with van der Waals surface area (Å²) in [6.45, 7) is 0. The summed E-state index contributed by atoms with van der Waals surface area (Å²) in [5.41, 5.74) is 0.635. The molecule has 0 spiro atoms. The molecule has 1 aliphatic rings. The third kappa shape index (κ3) is 2.87. The van der Waals surface area contributed by atoms with Crippen LogP contribution in [0.4, 0.5) is 9.52 Å². The van der Waals surface area contributed by atoms with Gasteiger partial charge in [0.05, 0.1) is 21.7 Å². The molecule has 0 amide bonds. The normalized spacial score (nSPS) is 19.6. The van der Waals surface area contributed by atoms with Gasteiger partial charge in [0.15, 0.2) is 5.13 Å². The molecule has 1 saturated heterocycles. The van der Waals surface area contributed by atoms with Crippen molar-refractivity contribution < 1.29 is 12.8 Å². The zero-order valence-electron chi connectivity index (χ0n) is 10.1. The van der Waals surface area contributed by atoms with Crippen LogP contribution in [0.25, 0.3) is 10.2 Å². The van der Waals surface area contributed by atoms with E-state index in [0.29, 0.717) is 18.4 Å². The molecule has 3 rings (SSSR count). The van der Waals surface area contributed by atoms with Crippen LogP contribution in [0, 0.1) is 5.82 Å². The van der Waals surface area contributed by atoms with Crippen LogP contribution in [-0.4, -0.2) is 30.9 Å². The molecule has 0 unspecified atom stereocenters. The molecule has 7 heteroatoms. The van der Waals surface area contributed by atoms with Crippen LogP contribution in [0.2, 0.25) is 0 Å². The van der Waals surface area contributed by atoms with Gasteiger partial charge < -0.3 is 5.32 Å². The van der Waals surface area contributed by atoms with Crippen molar-refractivity contribution >= 4 is 36.5 Å². The number of sulfone groups is 1. The first kappa shape index (κ1) is 12.8. The lowest BCUT2D eigenvalue weighted by atomic mass is 10.2. The second-order valence-corrected chi connectivity index (χ2v) is 8.04. The SMILES string of the molecule is O=S1(=O)CCC(Nc2nc3cc(F)ccc3s2)CC1. The summed E-state index contributed by atoms with van der Waals surface area (Å²) in [6, 6.07) is 4.66. The number of hydrogen-bond acceptors (Lipinski definition) is 5. The lowest BCUT2D eigenvalue weighted by Crippen LogP contribution is -2.32. The van der Waals surface area contributed by atoms with E-state index in [9.17, 15) is 12.8 Å². The second-order valence-electron chi connectivity index (χ2n) is 4.70. The Labute approximate surface area is 114 Å². The highest BCUT2D eigenvalue weighted by Crippen LogP contribution is 2.28. The molecular formula is C12H13FN2O2S2. The fourth-order valence-corrected chi connectivity index (χ4v) is 4.59. The van der Waals surface area contributed by atoms with E-state index in [2.05, 4.69) is 10.3 Å². The number of thiazole rings is 1. The largest absolute Gasteiger partial charge is 0.359 e. The van der Waals surface area contributed by atoms with Crippen LogP contribution in [-0.2, 0) is 9.84 Å². The lowest BCUT2D eigenvalue weighted by Gasteiger charge is -2.22. The third-order valence-electron chi connectivity index (χ3n) is 3.23. The summed E-state index contributed by atoms with van der Waals surface area (Å²) in [4.78, 5) is 4.32. The number of rotatable bonds is 2. The molecule has 2 aromatic rings. The molecule has 0 saturated carbocycles. The average Bonchev–Trinajstić information content (AvgIpc) is 2.73. The smallest absolute Gasteiger partial charge is 0.184 e. The number of nitrogens with one attached hydrogen (secondary N) is 1. The van der Waals surface area contributed by atoms with Gasteiger partial charge in [0, 0.05) is 12.1 Å². The van der Waals surface area contributed by atoms with Crippen LogP contribution in [0.15, 0.2) is 18.2 Å². The molecule has 1 aliphatic heterocycles. The number of nitrogens with zero attached hydrogens (tertiary/aromatic N) is 1. The van der Waals surface area contributed by atoms with Crippen molar-refractivity contribution in [3.63, 3.8) is 0 Å². The van der Waals surface area contributed by atoms with Crippen LogP contribution < -0.4 is 5.32 Å². The number of fused-ring (bicyclic) bond motifs is 1. The number of benzene rings is 1. The highest BCUT2D eigenvalue weighted by molar-refractivity contribution is 7.91. The Hall–Kier alpha value is -1.21. The minimum Gasteiger partial charge on any atom is -0.359 e. The van der Waals surface area contributed by atoms with Gasteiger partial charge in [0.2, 0.25) is 0 Å². The molecule has 1 N–H and O–H groups in total. The Morgan fingerprint density at radius 1 is 1.32 bits per heavy atom. The second kappa shape index (κ2) is 4.72. The van der Waals surface area contributed by atoms with E-state index in [0.717, 1.165) is 9.83 Å². The Bertz CT molecular complexity index is 698. The first-order valence-corrected chi connectivity index (χ1v) is 8.69. The van der Waals surface area contributed by atoms with Gasteiger partial charge >= 0.3 is 0 Å². The maximum absolute atomic E-state index is 13.1. The number of halogens is 1. The summed E-state index contributed by atoms with van der Waals surface area (Å²) < 4.78 is 36.7. The minimum atomic E-state index is -2.84. The van der Waals surface area contributed by atoms with E-state index in [-0.39, 0.29) is 23.4 Å². The van der Waals surface area contributed by atoms with E-state index < -0.39 is 9.84 Å². The maximum atomic E-state index is 13.1. The molecule has 1 fully saturated rings. The van der Waals surface area contributed by atoms with Crippen molar-refractivity contribution in [2.75, 3.05) is 16.8 Å². The molecule has 19 heavy (non-hydrogen) atoms. The Balaban J connectivity index is 1.75. The number of anilines is 1. The van der Waals surface area contributed by atoms with Gasteiger partial charge in [0.1, 0.15) is 15.7 Å². The van der Waals surface area contributed by atoms with E-state index in [1.54, 1.807) is 6.07 Å². The highest BCUT2D eigenvalue weighted by atomic mass is 32.2. The first-order chi connectivity index (χ1) is 9.02. The highest BCUT2D eigenvalue weighted by Gasteiger charge is 2.24. The molecule has 0 aliphatic carbocycles. The summed E-state index contributed by atoms with van der Waals surface area (Å²) >= 11 is 1.46. The zero-order chi connectivity index (χ0) is 13.5. The molecule has 0 atom stereocenters. The molecule has 1 aromatic carbocycles. The van der Waals surface area contributed by atoms with Gasteiger partial charge in [-0.05, 0) is 25.0 Å². The van der Waals surface area contributed by atoms with E-state index in [1.165, 1.54) is 23.5 Å². The van der Waals surface area contributed by atoms with Gasteiger partial charge in [-0.15, -0.1) is 0 Å². The van der Waals surface area contributed by atoms with Crippen molar-refractivity contribution in [2.24, 2.45) is 0 Å². The summed E-state index contributed by atoms with van der Waals surface area (Å²) in [7, 11) is -2.84. The van der Waals surface area contributed by atoms with E-state index >= 15 is 0 Å². The summed E-state index contributed by atoms with van der Waals surface area (Å²) in [5, 5.41) is 3.97. The zero-order valence-corrected chi connectivity index (χ0v) is 11.7. The molecule has 0 radical (unpaired) electrons. The van der Waals surface area contributed by atoms with Crippen molar-refractivity contribution in [2.45, 2.75) is 18.9 Å². The van der Waals surface area contributed by atoms with E-state index in [4.69, 9.17) is 0 Å². The van der Waals surface area contributed by atoms with Crippen molar-refractivity contribution in [3.05, 3.63) is 24.0 Å². The van der Waals surface area contributed by atoms with Crippen LogP contribution in [0.5, 0.6) is 0 Å². The number of aromatic nitrogens is 1. The fraction of sp³-hybridized carbons (Fsp3) is 0.417. The van der Waals surface area contributed by atoms with Crippen molar-refractivity contribution in [1.29, 1.82) is 0 Å². The van der Waals surface area contributed by atoms with Gasteiger partial charge in [-0.3, -0.25) is 0 Å². The Morgan fingerprint density at radius 2 is 2.05 bits per heavy atom. The summed E-state index contributed by atoms with van der Waals surface area (Å²) in [6.07, 6.45) is 1.21.